The van der Waals surface area contributed by atoms with Crippen LogP contribution in [-0.2, 0) is 11.4 Å². The summed E-state index contributed by atoms with van der Waals surface area (Å²) >= 11 is 5.58. The zero-order valence-electron chi connectivity index (χ0n) is 24.5. The van der Waals surface area contributed by atoms with Crippen molar-refractivity contribution in [1.82, 2.24) is 0 Å². The zero-order valence-corrected chi connectivity index (χ0v) is 25.3. The molecule has 4 aromatic rings. The van der Waals surface area contributed by atoms with Gasteiger partial charge in [0.1, 0.15) is 35.2 Å². The van der Waals surface area contributed by atoms with Crippen molar-refractivity contribution in [3.8, 4) is 28.4 Å². The molecule has 0 spiro atoms. The zero-order chi connectivity index (χ0) is 30.2. The second kappa shape index (κ2) is 11.4. The molecule has 0 saturated carbocycles. The molecular formula is C34H33FN2O4S. The van der Waals surface area contributed by atoms with E-state index >= 15 is 0 Å². The lowest BCUT2D eigenvalue weighted by molar-refractivity contribution is -0.121. The van der Waals surface area contributed by atoms with Crippen LogP contribution in [0.15, 0.2) is 72.8 Å². The SMILES string of the molecule is COc1cc(OC(=S)c2ccccc2C)ccc1-c1ccc2c(c1COc1cc(F)ccc1C)N(C)C(=O)C(C)(C)N2. The Balaban J connectivity index is 1.58. The van der Waals surface area contributed by atoms with Crippen LogP contribution in [-0.4, -0.2) is 30.7 Å². The molecule has 5 rings (SSSR count). The van der Waals surface area contributed by atoms with Gasteiger partial charge in [-0.25, -0.2) is 4.39 Å². The van der Waals surface area contributed by atoms with Crippen LogP contribution in [0.25, 0.3) is 11.1 Å². The van der Waals surface area contributed by atoms with Crippen LogP contribution in [0.4, 0.5) is 15.8 Å². The number of benzene rings is 4. The number of ether oxygens (including phenoxy) is 3. The number of hydrogen-bond acceptors (Lipinski definition) is 6. The van der Waals surface area contributed by atoms with Crippen LogP contribution in [0, 0.1) is 19.7 Å². The predicted octanol–water partition coefficient (Wildman–Crippen LogP) is 7.62. The number of anilines is 2. The molecule has 0 bridgehead atoms. The molecule has 6 nitrogen and oxygen atoms in total. The minimum absolute atomic E-state index is 0.0846. The first-order valence-corrected chi connectivity index (χ1v) is 14.0. The molecule has 0 unspecified atom stereocenters. The van der Waals surface area contributed by atoms with Gasteiger partial charge in [0.2, 0.25) is 0 Å². The van der Waals surface area contributed by atoms with E-state index in [4.69, 9.17) is 26.4 Å². The molecule has 1 amide bonds. The number of likely N-dealkylation sites (N-methyl/N-ethyl adjacent to an activating group) is 1. The van der Waals surface area contributed by atoms with Gasteiger partial charge < -0.3 is 24.4 Å². The van der Waals surface area contributed by atoms with Crippen LogP contribution < -0.4 is 24.4 Å². The number of carbonyl (C=O) groups excluding carboxylic acids is 1. The van der Waals surface area contributed by atoms with Crippen molar-refractivity contribution >= 4 is 34.6 Å². The highest BCUT2D eigenvalue weighted by molar-refractivity contribution is 7.80. The lowest BCUT2D eigenvalue weighted by atomic mass is 9.91. The summed E-state index contributed by atoms with van der Waals surface area (Å²) in [6.07, 6.45) is 0. The Bertz CT molecular complexity index is 1700. The van der Waals surface area contributed by atoms with Crippen molar-refractivity contribution in [2.75, 3.05) is 24.4 Å². The Morgan fingerprint density at radius 2 is 1.69 bits per heavy atom. The predicted molar refractivity (Wildman–Crippen MR) is 169 cm³/mol. The summed E-state index contributed by atoms with van der Waals surface area (Å²) in [6.45, 7) is 7.62. The average Bonchev–Trinajstić information content (AvgIpc) is 2.96. The number of fused-ring (bicyclic) bond motifs is 1. The second-order valence-electron chi connectivity index (χ2n) is 10.9. The van der Waals surface area contributed by atoms with Crippen molar-refractivity contribution in [2.45, 2.75) is 39.8 Å². The Labute approximate surface area is 251 Å². The third kappa shape index (κ3) is 5.54. The first-order valence-electron chi connectivity index (χ1n) is 13.6. The van der Waals surface area contributed by atoms with Gasteiger partial charge in [-0.1, -0.05) is 36.4 Å². The first-order chi connectivity index (χ1) is 20.0. The van der Waals surface area contributed by atoms with Crippen molar-refractivity contribution in [1.29, 1.82) is 0 Å². The van der Waals surface area contributed by atoms with Crippen LogP contribution in [0.1, 0.15) is 36.1 Å². The minimum atomic E-state index is -0.785. The Kier molecular flexibility index (Phi) is 7.93. The molecule has 4 aromatic carbocycles. The molecule has 0 aliphatic carbocycles. The van der Waals surface area contributed by atoms with E-state index in [-0.39, 0.29) is 18.3 Å². The van der Waals surface area contributed by atoms with E-state index in [9.17, 15) is 9.18 Å². The van der Waals surface area contributed by atoms with E-state index < -0.39 is 5.54 Å². The summed E-state index contributed by atoms with van der Waals surface area (Å²) in [6, 6.07) is 21.7. The molecule has 1 aliphatic rings. The van der Waals surface area contributed by atoms with Crippen LogP contribution in [0.5, 0.6) is 17.2 Å². The summed E-state index contributed by atoms with van der Waals surface area (Å²) in [5.41, 5.74) is 5.69. The molecule has 0 fully saturated rings. The number of aryl methyl sites for hydroxylation is 2. The topological polar surface area (TPSA) is 60.0 Å². The highest BCUT2D eigenvalue weighted by atomic mass is 32.1. The molecule has 0 radical (unpaired) electrons. The van der Waals surface area contributed by atoms with Crippen molar-refractivity contribution in [3.63, 3.8) is 0 Å². The fraction of sp³-hybridized carbons (Fsp3) is 0.235. The number of methoxy groups -OCH3 is 1. The van der Waals surface area contributed by atoms with Gasteiger partial charge in [0, 0.05) is 35.9 Å². The summed E-state index contributed by atoms with van der Waals surface area (Å²) in [7, 11) is 3.35. The monoisotopic (exact) mass is 584 g/mol. The molecule has 1 heterocycles. The molecule has 0 saturated heterocycles. The lowest BCUT2D eigenvalue weighted by Gasteiger charge is -2.39. The number of rotatable bonds is 7. The van der Waals surface area contributed by atoms with Crippen LogP contribution in [0.3, 0.4) is 0 Å². The molecular weight excluding hydrogens is 551 g/mol. The molecule has 1 aliphatic heterocycles. The summed E-state index contributed by atoms with van der Waals surface area (Å²) in [4.78, 5) is 15.0. The van der Waals surface area contributed by atoms with Gasteiger partial charge in [0.15, 0.2) is 5.05 Å². The van der Waals surface area contributed by atoms with E-state index in [0.29, 0.717) is 28.0 Å². The third-order valence-electron chi connectivity index (χ3n) is 7.47. The van der Waals surface area contributed by atoms with Crippen molar-refractivity contribution in [2.24, 2.45) is 0 Å². The lowest BCUT2D eigenvalue weighted by Crippen LogP contribution is -2.52. The number of hydrogen-bond donors (Lipinski definition) is 1. The largest absolute Gasteiger partial charge is 0.496 e. The number of amides is 1. The normalized spacial score (nSPS) is 13.7. The maximum atomic E-state index is 14.1. The number of halogens is 1. The van der Waals surface area contributed by atoms with Gasteiger partial charge in [-0.3, -0.25) is 4.79 Å². The van der Waals surface area contributed by atoms with Gasteiger partial charge >= 0.3 is 0 Å². The molecule has 42 heavy (non-hydrogen) atoms. The molecule has 8 heteroatoms. The minimum Gasteiger partial charge on any atom is -0.496 e. The van der Waals surface area contributed by atoms with E-state index in [1.165, 1.54) is 12.1 Å². The van der Waals surface area contributed by atoms with Crippen molar-refractivity contribution in [3.05, 3.63) is 101 Å². The quantitative estimate of drug-likeness (QED) is 0.226. The summed E-state index contributed by atoms with van der Waals surface area (Å²) in [5.74, 6) is 1.04. The standard InChI is InChI=1S/C34H33FN2O4S/c1-20-9-7-8-10-24(20)32(42)41-23-13-14-26(30(18-23)39-6)25-15-16-28-31(37(5)33(38)34(3,4)36-28)27(25)19-40-29-17-22(35)12-11-21(29)2/h7-18,36H,19H2,1-6H3. The second-order valence-corrected chi connectivity index (χ2v) is 11.2. The van der Waals surface area contributed by atoms with E-state index in [0.717, 1.165) is 39.1 Å². The average molecular weight is 585 g/mol. The highest BCUT2D eigenvalue weighted by Gasteiger charge is 2.38. The molecule has 0 atom stereocenters. The van der Waals surface area contributed by atoms with Crippen molar-refractivity contribution < 1.29 is 23.4 Å². The Morgan fingerprint density at radius 1 is 0.952 bits per heavy atom. The van der Waals surface area contributed by atoms with E-state index in [1.54, 1.807) is 31.2 Å². The maximum absolute atomic E-state index is 14.1. The fourth-order valence-electron chi connectivity index (χ4n) is 5.23. The maximum Gasteiger partial charge on any atom is 0.251 e. The number of thiocarbonyl (C=S) groups is 1. The molecule has 216 valence electrons. The van der Waals surface area contributed by atoms with Gasteiger partial charge in [-0.05, 0) is 80.9 Å². The van der Waals surface area contributed by atoms with Gasteiger partial charge in [0.25, 0.3) is 5.91 Å². The smallest absolute Gasteiger partial charge is 0.251 e. The van der Waals surface area contributed by atoms with E-state index in [1.807, 2.05) is 76.2 Å². The number of nitrogens with one attached hydrogen (secondary N) is 1. The van der Waals surface area contributed by atoms with Crippen LogP contribution in [0.2, 0.25) is 0 Å². The number of nitrogens with zero attached hydrogens (tertiary/aromatic N) is 1. The highest BCUT2D eigenvalue weighted by Crippen LogP contribution is 2.45. The third-order valence-corrected chi connectivity index (χ3v) is 7.77. The molecule has 1 N–H and O–H groups in total. The summed E-state index contributed by atoms with van der Waals surface area (Å²) in [5, 5.41) is 3.73. The first kappa shape index (κ1) is 29.1. The summed E-state index contributed by atoms with van der Waals surface area (Å²) < 4.78 is 32.1. The Hall–Kier alpha value is -4.43. The fourth-order valence-corrected chi connectivity index (χ4v) is 5.56. The van der Waals surface area contributed by atoms with Crippen LogP contribution >= 0.6 is 12.2 Å². The molecule has 0 aromatic heterocycles. The van der Waals surface area contributed by atoms with Gasteiger partial charge in [0.05, 0.1) is 18.5 Å². The van der Waals surface area contributed by atoms with Gasteiger partial charge in [-0.15, -0.1) is 0 Å². The number of carbonyl (C=O) groups is 1. The van der Waals surface area contributed by atoms with Gasteiger partial charge in [-0.2, -0.15) is 0 Å². The Morgan fingerprint density at radius 3 is 2.43 bits per heavy atom. The van der Waals surface area contributed by atoms with E-state index in [2.05, 4.69) is 5.32 Å².